The monoisotopic (exact) mass is 695 g/mol. The minimum Gasteiger partial charge on any atom is -0.435 e. The number of nitriles is 1. The third-order valence-corrected chi connectivity index (χ3v) is 9.32. The van der Waals surface area contributed by atoms with E-state index in [4.69, 9.17) is 35.5 Å². The molecule has 2 aliphatic rings. The second-order valence-corrected chi connectivity index (χ2v) is 13.3. The minimum absolute atomic E-state index is 0.156. The molecule has 0 bridgehead atoms. The average molecular weight is 696 g/mol. The smallest absolute Gasteiger partial charge is 0.435 e. The summed E-state index contributed by atoms with van der Waals surface area (Å²) in [5, 5.41) is 29.6. The predicted octanol–water partition coefficient (Wildman–Crippen LogP) is 5.50. The standard InChI is InChI=1S/C34H46ClN9O5/c1-4-48-33(45)49-24(3)44-42-32(41-43-44)20-47-19-23(2)39-26-10-8-25(9-11-26)16-27-17-28(29(35)18-37-27)30-6-5-7-31(40-30)38-22-34(21-36)12-14-46-15-13-34/h5-7,17-18,23-26,39H,4,8-16,19-20,22H2,1-3H3,(H,38,40)/t23?,24-,25?,26?/m1/s1. The number of pyridine rings is 2. The lowest BCUT2D eigenvalue weighted by Crippen LogP contribution is -2.41. The van der Waals surface area contributed by atoms with Crippen molar-refractivity contribution in [3.05, 3.63) is 47.0 Å². The van der Waals surface area contributed by atoms with Crippen LogP contribution in [-0.4, -0.2) is 81.4 Å². The van der Waals surface area contributed by atoms with Crippen LogP contribution in [0.1, 0.15) is 77.0 Å². The maximum Gasteiger partial charge on any atom is 0.510 e. The Labute approximate surface area is 292 Å². The fourth-order valence-electron chi connectivity index (χ4n) is 6.24. The molecule has 1 unspecified atom stereocenters. The van der Waals surface area contributed by atoms with Crippen molar-refractivity contribution in [3.63, 3.8) is 0 Å². The zero-order chi connectivity index (χ0) is 34.6. The van der Waals surface area contributed by atoms with Crippen molar-refractivity contribution in [1.82, 2.24) is 35.5 Å². The number of ether oxygens (including phenoxy) is 4. The Hall–Kier alpha value is -3.90. The molecule has 2 N–H and O–H groups in total. The molecule has 0 radical (unpaired) electrons. The van der Waals surface area contributed by atoms with Crippen molar-refractivity contribution < 1.29 is 23.7 Å². The van der Waals surface area contributed by atoms with Crippen LogP contribution in [0, 0.1) is 22.7 Å². The predicted molar refractivity (Wildman–Crippen MR) is 181 cm³/mol. The van der Waals surface area contributed by atoms with Crippen LogP contribution >= 0.6 is 11.6 Å². The van der Waals surface area contributed by atoms with E-state index in [1.165, 1.54) is 4.80 Å². The first kappa shape index (κ1) is 36.4. The van der Waals surface area contributed by atoms with E-state index in [1.54, 1.807) is 20.0 Å². The zero-order valence-electron chi connectivity index (χ0n) is 28.4. The lowest BCUT2D eigenvalue weighted by Gasteiger charge is -2.31. The van der Waals surface area contributed by atoms with E-state index in [9.17, 15) is 10.1 Å². The van der Waals surface area contributed by atoms with Crippen LogP contribution in [0.4, 0.5) is 10.6 Å². The molecule has 3 aromatic heterocycles. The van der Waals surface area contributed by atoms with Crippen molar-refractivity contribution in [2.75, 3.05) is 38.3 Å². The molecule has 1 saturated heterocycles. The molecule has 2 atom stereocenters. The van der Waals surface area contributed by atoms with Crippen LogP contribution in [0.2, 0.25) is 5.02 Å². The number of hydrogen-bond acceptors (Lipinski definition) is 13. The number of nitrogens with one attached hydrogen (secondary N) is 2. The highest BCUT2D eigenvalue weighted by Crippen LogP contribution is 2.33. The van der Waals surface area contributed by atoms with Gasteiger partial charge in [0, 0.05) is 49.3 Å². The first-order valence-corrected chi connectivity index (χ1v) is 17.4. The molecule has 0 amide bonds. The molecule has 2 fully saturated rings. The first-order chi connectivity index (χ1) is 23.8. The summed E-state index contributed by atoms with van der Waals surface area (Å²) in [4.78, 5) is 22.2. The number of hydrogen-bond donors (Lipinski definition) is 2. The fraction of sp³-hybridized carbons (Fsp3) is 0.618. The molecule has 0 spiro atoms. The number of aromatic nitrogens is 6. The Kier molecular flexibility index (Phi) is 13.1. The molecule has 15 heteroatoms. The van der Waals surface area contributed by atoms with Gasteiger partial charge < -0.3 is 29.6 Å². The zero-order valence-corrected chi connectivity index (χ0v) is 29.2. The number of nitrogens with zero attached hydrogens (tertiary/aromatic N) is 7. The van der Waals surface area contributed by atoms with Crippen LogP contribution in [0.15, 0.2) is 30.5 Å². The summed E-state index contributed by atoms with van der Waals surface area (Å²) in [6.45, 7) is 8.11. The lowest BCUT2D eigenvalue weighted by atomic mass is 9.82. The van der Waals surface area contributed by atoms with E-state index in [0.29, 0.717) is 62.0 Å². The van der Waals surface area contributed by atoms with Gasteiger partial charge in [-0.3, -0.25) is 4.98 Å². The molecular formula is C34H46ClN9O5. The van der Waals surface area contributed by atoms with E-state index in [1.807, 2.05) is 18.2 Å². The number of carbonyl (C=O) groups excluding carboxylic acids is 1. The normalized spacial score (nSPS) is 20.1. The van der Waals surface area contributed by atoms with Crippen LogP contribution in [-0.2, 0) is 32.0 Å². The molecule has 1 aliphatic heterocycles. The Morgan fingerprint density at radius 1 is 1.22 bits per heavy atom. The van der Waals surface area contributed by atoms with Crippen LogP contribution < -0.4 is 10.6 Å². The summed E-state index contributed by atoms with van der Waals surface area (Å²) >= 11 is 6.62. The van der Waals surface area contributed by atoms with E-state index in [2.05, 4.69) is 50.1 Å². The number of halogens is 1. The number of rotatable bonds is 15. The Morgan fingerprint density at radius 2 is 2.02 bits per heavy atom. The van der Waals surface area contributed by atoms with Gasteiger partial charge in [-0.05, 0) is 95.0 Å². The molecule has 49 heavy (non-hydrogen) atoms. The van der Waals surface area contributed by atoms with Crippen molar-refractivity contribution in [2.24, 2.45) is 11.3 Å². The summed E-state index contributed by atoms with van der Waals surface area (Å²) in [5.41, 5.74) is 2.20. The lowest BCUT2D eigenvalue weighted by molar-refractivity contribution is -0.00552. The van der Waals surface area contributed by atoms with Gasteiger partial charge in [-0.2, -0.15) is 5.26 Å². The van der Waals surface area contributed by atoms with Gasteiger partial charge in [-0.25, -0.2) is 9.78 Å². The van der Waals surface area contributed by atoms with Gasteiger partial charge in [-0.15, -0.1) is 15.0 Å². The van der Waals surface area contributed by atoms with E-state index < -0.39 is 17.8 Å². The highest BCUT2D eigenvalue weighted by molar-refractivity contribution is 6.33. The van der Waals surface area contributed by atoms with Crippen molar-refractivity contribution >= 4 is 23.6 Å². The summed E-state index contributed by atoms with van der Waals surface area (Å²) in [6, 6.07) is 11.0. The third-order valence-electron chi connectivity index (χ3n) is 9.02. The SMILES string of the molecule is CCOC(=O)O[C@H](C)n1nnc(COCC(C)NC2CCC(Cc3cc(-c4cccc(NCC5(C#N)CCOCC5)n4)c(Cl)cn3)CC2)n1. The Morgan fingerprint density at radius 3 is 2.78 bits per heavy atom. The molecular weight excluding hydrogens is 650 g/mol. The molecule has 0 aromatic carbocycles. The maximum absolute atomic E-state index is 11.5. The number of carbonyl (C=O) groups is 1. The second-order valence-electron chi connectivity index (χ2n) is 12.9. The summed E-state index contributed by atoms with van der Waals surface area (Å²) in [7, 11) is 0. The van der Waals surface area contributed by atoms with Crippen molar-refractivity contribution in [1.29, 1.82) is 5.26 Å². The molecule has 1 aliphatic carbocycles. The van der Waals surface area contributed by atoms with Gasteiger partial charge in [0.25, 0.3) is 0 Å². The van der Waals surface area contributed by atoms with Gasteiger partial charge in [-0.1, -0.05) is 17.7 Å². The average Bonchev–Trinajstić information content (AvgIpc) is 3.59. The highest BCUT2D eigenvalue weighted by atomic mass is 35.5. The molecule has 14 nitrogen and oxygen atoms in total. The summed E-state index contributed by atoms with van der Waals surface area (Å²) < 4.78 is 21.1. The van der Waals surface area contributed by atoms with Gasteiger partial charge in [0.05, 0.1) is 35.4 Å². The Bertz CT molecular complexity index is 1550. The minimum atomic E-state index is -0.781. The van der Waals surface area contributed by atoms with Gasteiger partial charge >= 0.3 is 6.16 Å². The van der Waals surface area contributed by atoms with Crippen molar-refractivity contribution in [3.8, 4) is 17.3 Å². The quantitative estimate of drug-likeness (QED) is 0.191. The second kappa shape index (κ2) is 17.7. The topological polar surface area (TPSA) is 171 Å². The maximum atomic E-state index is 11.5. The van der Waals surface area contributed by atoms with E-state index in [-0.39, 0.29) is 19.3 Å². The van der Waals surface area contributed by atoms with Crippen molar-refractivity contribution in [2.45, 2.75) is 90.6 Å². The number of tetrazole rings is 1. The van der Waals surface area contributed by atoms with Crippen LogP contribution in [0.25, 0.3) is 11.3 Å². The largest absolute Gasteiger partial charge is 0.510 e. The highest BCUT2D eigenvalue weighted by Gasteiger charge is 2.32. The Balaban J connectivity index is 1.04. The molecule has 5 rings (SSSR count). The van der Waals surface area contributed by atoms with Gasteiger partial charge in [0.1, 0.15) is 12.4 Å². The molecule has 264 valence electrons. The van der Waals surface area contributed by atoms with Crippen LogP contribution in [0.3, 0.4) is 0 Å². The molecule has 4 heterocycles. The molecule has 1 saturated carbocycles. The number of anilines is 1. The van der Waals surface area contributed by atoms with E-state index in [0.717, 1.165) is 54.9 Å². The summed E-state index contributed by atoms with van der Waals surface area (Å²) in [6.07, 6.45) is 6.88. The van der Waals surface area contributed by atoms with E-state index >= 15 is 0 Å². The first-order valence-electron chi connectivity index (χ1n) is 17.1. The van der Waals surface area contributed by atoms with Gasteiger partial charge in [0.15, 0.2) is 0 Å². The fourth-order valence-corrected chi connectivity index (χ4v) is 6.44. The summed E-state index contributed by atoms with van der Waals surface area (Å²) in [5.74, 6) is 1.67. The molecule has 3 aromatic rings. The van der Waals surface area contributed by atoms with Crippen LogP contribution in [0.5, 0.6) is 0 Å². The third kappa shape index (κ3) is 10.5. The van der Waals surface area contributed by atoms with Gasteiger partial charge in [0.2, 0.25) is 12.1 Å².